The fraction of sp³-hybridized carbons (Fsp3) is 0.250. The second kappa shape index (κ2) is 4.96. The lowest BCUT2D eigenvalue weighted by Crippen LogP contribution is -2.14. The van der Waals surface area contributed by atoms with Gasteiger partial charge in [0.1, 0.15) is 5.82 Å². The van der Waals surface area contributed by atoms with Crippen molar-refractivity contribution >= 4 is 11.5 Å². The van der Waals surface area contributed by atoms with Crippen molar-refractivity contribution in [1.82, 2.24) is 15.3 Å². The molecule has 1 aliphatic rings. The Kier molecular flexibility index (Phi) is 3.14. The van der Waals surface area contributed by atoms with E-state index in [-0.39, 0.29) is 5.91 Å². The van der Waals surface area contributed by atoms with Crippen molar-refractivity contribution in [1.29, 1.82) is 0 Å². The monoisotopic (exact) mass is 267 g/mol. The minimum absolute atomic E-state index is 0.0881. The Morgan fingerprint density at radius 3 is 2.50 bits per heavy atom. The van der Waals surface area contributed by atoms with Gasteiger partial charge >= 0.3 is 0 Å². The molecule has 2 aromatic rings. The highest BCUT2D eigenvalue weighted by Gasteiger charge is 2.20. The van der Waals surface area contributed by atoms with E-state index in [4.69, 9.17) is 0 Å². The Bertz CT molecular complexity index is 680. The number of nitrogens with zero attached hydrogens (tertiary/aromatic N) is 1. The number of hydrogen-bond acceptors (Lipinski definition) is 2. The third kappa shape index (κ3) is 2.25. The highest BCUT2D eigenvalue weighted by molar-refractivity contribution is 5.96. The summed E-state index contributed by atoms with van der Waals surface area (Å²) in [6.45, 7) is 3.99. The van der Waals surface area contributed by atoms with Crippen molar-refractivity contribution in [2.75, 3.05) is 0 Å². The maximum atomic E-state index is 11.5. The van der Waals surface area contributed by atoms with Crippen molar-refractivity contribution in [2.24, 2.45) is 0 Å². The van der Waals surface area contributed by atoms with Gasteiger partial charge in [0.15, 0.2) is 0 Å². The van der Waals surface area contributed by atoms with Crippen LogP contribution in [-0.4, -0.2) is 15.9 Å². The number of hydrogen-bond donors (Lipinski definition) is 2. The molecule has 1 aromatic heterocycles. The fourth-order valence-electron chi connectivity index (χ4n) is 2.55. The molecule has 1 amide bonds. The van der Waals surface area contributed by atoms with E-state index in [2.05, 4.69) is 46.5 Å². The van der Waals surface area contributed by atoms with Crippen LogP contribution in [0.5, 0.6) is 0 Å². The lowest BCUT2D eigenvalue weighted by atomic mass is 10.00. The van der Waals surface area contributed by atoms with Gasteiger partial charge in [-0.25, -0.2) is 4.98 Å². The van der Waals surface area contributed by atoms with Gasteiger partial charge in [-0.3, -0.25) is 4.79 Å². The Hall–Kier alpha value is -2.36. The number of aromatic amines is 1. The van der Waals surface area contributed by atoms with E-state index < -0.39 is 0 Å². The van der Waals surface area contributed by atoms with Crippen LogP contribution in [0.15, 0.2) is 36.2 Å². The predicted octanol–water partition coefficient (Wildman–Crippen LogP) is 3.03. The van der Waals surface area contributed by atoms with Crippen LogP contribution in [0.1, 0.15) is 31.2 Å². The number of aryl methyl sites for hydroxylation is 1. The molecule has 0 spiro atoms. The van der Waals surface area contributed by atoms with Gasteiger partial charge in [-0.05, 0) is 30.0 Å². The van der Waals surface area contributed by atoms with Crippen LogP contribution in [0.25, 0.3) is 16.8 Å². The Morgan fingerprint density at radius 2 is 1.90 bits per heavy atom. The molecule has 2 heterocycles. The molecule has 0 saturated heterocycles. The quantitative estimate of drug-likeness (QED) is 0.898. The molecule has 2 N–H and O–H groups in total. The SMILES string of the molecule is CCC1=C(c2ccc(-c3cnc(C)[nH]3)cc2)CC(=O)N1. The molecule has 1 aliphatic heterocycles. The molecule has 0 bridgehead atoms. The minimum Gasteiger partial charge on any atom is -0.342 e. The second-order valence-electron chi connectivity index (χ2n) is 5.00. The first-order chi connectivity index (χ1) is 9.67. The van der Waals surface area contributed by atoms with E-state index in [9.17, 15) is 4.79 Å². The third-order valence-corrected chi connectivity index (χ3v) is 3.59. The summed E-state index contributed by atoms with van der Waals surface area (Å²) in [5, 5.41) is 2.93. The van der Waals surface area contributed by atoms with Crippen LogP contribution < -0.4 is 5.32 Å². The fourth-order valence-corrected chi connectivity index (χ4v) is 2.55. The first-order valence-corrected chi connectivity index (χ1v) is 6.81. The molecule has 102 valence electrons. The molecule has 0 fully saturated rings. The number of nitrogens with one attached hydrogen (secondary N) is 2. The van der Waals surface area contributed by atoms with Crippen LogP contribution in [0.4, 0.5) is 0 Å². The average Bonchev–Trinajstić information content (AvgIpc) is 3.05. The maximum absolute atomic E-state index is 11.5. The van der Waals surface area contributed by atoms with Gasteiger partial charge in [0.25, 0.3) is 0 Å². The summed E-state index contributed by atoms with van der Waals surface area (Å²) in [4.78, 5) is 18.9. The molecule has 4 heteroatoms. The molecule has 1 aromatic carbocycles. The Labute approximate surface area is 117 Å². The largest absolute Gasteiger partial charge is 0.342 e. The van der Waals surface area contributed by atoms with Crippen molar-refractivity contribution in [3.63, 3.8) is 0 Å². The maximum Gasteiger partial charge on any atom is 0.228 e. The van der Waals surface area contributed by atoms with E-state index in [1.165, 1.54) is 0 Å². The van der Waals surface area contributed by atoms with E-state index in [0.29, 0.717) is 6.42 Å². The summed E-state index contributed by atoms with van der Waals surface area (Å²) in [7, 11) is 0. The number of carbonyl (C=O) groups excluding carboxylic acids is 1. The molecular formula is C16H17N3O. The molecule has 0 unspecified atom stereocenters. The Morgan fingerprint density at radius 1 is 1.20 bits per heavy atom. The van der Waals surface area contributed by atoms with E-state index in [0.717, 1.165) is 40.3 Å². The van der Waals surface area contributed by atoms with Gasteiger partial charge in [-0.15, -0.1) is 0 Å². The van der Waals surface area contributed by atoms with Crippen LogP contribution in [0.2, 0.25) is 0 Å². The van der Waals surface area contributed by atoms with Gasteiger partial charge in [0, 0.05) is 5.70 Å². The number of allylic oxidation sites excluding steroid dienone is 1. The zero-order valence-electron chi connectivity index (χ0n) is 11.7. The van der Waals surface area contributed by atoms with Crippen molar-refractivity contribution in [3.05, 3.63) is 47.5 Å². The van der Waals surface area contributed by atoms with Gasteiger partial charge < -0.3 is 10.3 Å². The van der Waals surface area contributed by atoms with Gasteiger partial charge in [-0.2, -0.15) is 0 Å². The van der Waals surface area contributed by atoms with E-state index in [1.54, 1.807) is 0 Å². The molecule has 0 aliphatic carbocycles. The summed E-state index contributed by atoms with van der Waals surface area (Å²) in [5.41, 5.74) is 5.38. The second-order valence-corrected chi connectivity index (χ2v) is 5.00. The standard InChI is InChI=1S/C16H17N3O/c1-3-14-13(8-16(20)19-14)11-4-6-12(7-5-11)15-9-17-10(2)18-15/h4-7,9H,3,8H2,1-2H3,(H,17,18)(H,19,20). The van der Waals surface area contributed by atoms with Gasteiger partial charge in [0.2, 0.25) is 5.91 Å². The molecular weight excluding hydrogens is 250 g/mol. The number of benzene rings is 1. The molecule has 20 heavy (non-hydrogen) atoms. The van der Waals surface area contributed by atoms with Crippen LogP contribution >= 0.6 is 0 Å². The number of aromatic nitrogens is 2. The van der Waals surface area contributed by atoms with Crippen molar-refractivity contribution in [3.8, 4) is 11.3 Å². The average molecular weight is 267 g/mol. The first kappa shape index (κ1) is 12.7. The first-order valence-electron chi connectivity index (χ1n) is 6.81. The molecule has 0 saturated carbocycles. The number of imidazole rings is 1. The number of amides is 1. The van der Waals surface area contributed by atoms with Crippen LogP contribution in [-0.2, 0) is 4.79 Å². The van der Waals surface area contributed by atoms with E-state index >= 15 is 0 Å². The molecule has 3 rings (SSSR count). The zero-order chi connectivity index (χ0) is 14.1. The van der Waals surface area contributed by atoms with Crippen molar-refractivity contribution < 1.29 is 4.79 Å². The van der Waals surface area contributed by atoms with Crippen LogP contribution in [0, 0.1) is 6.92 Å². The number of H-pyrrole nitrogens is 1. The lowest BCUT2D eigenvalue weighted by Gasteiger charge is -2.05. The lowest BCUT2D eigenvalue weighted by molar-refractivity contribution is -0.118. The summed E-state index contributed by atoms with van der Waals surface area (Å²) >= 11 is 0. The number of rotatable bonds is 3. The predicted molar refractivity (Wildman–Crippen MR) is 78.7 cm³/mol. The van der Waals surface area contributed by atoms with Gasteiger partial charge in [0.05, 0.1) is 18.3 Å². The molecule has 4 nitrogen and oxygen atoms in total. The Balaban J connectivity index is 1.92. The highest BCUT2D eigenvalue weighted by atomic mass is 16.1. The minimum atomic E-state index is 0.0881. The highest BCUT2D eigenvalue weighted by Crippen LogP contribution is 2.29. The molecule has 0 radical (unpaired) electrons. The van der Waals surface area contributed by atoms with Crippen molar-refractivity contribution in [2.45, 2.75) is 26.7 Å². The summed E-state index contributed by atoms with van der Waals surface area (Å²) in [6.07, 6.45) is 3.16. The summed E-state index contributed by atoms with van der Waals surface area (Å²) < 4.78 is 0. The topological polar surface area (TPSA) is 57.8 Å². The number of carbonyl (C=O) groups is 1. The normalized spacial score (nSPS) is 14.8. The van der Waals surface area contributed by atoms with Gasteiger partial charge in [-0.1, -0.05) is 31.2 Å². The zero-order valence-corrected chi connectivity index (χ0v) is 11.7. The smallest absolute Gasteiger partial charge is 0.228 e. The summed E-state index contributed by atoms with van der Waals surface area (Å²) in [5.74, 6) is 0.996. The summed E-state index contributed by atoms with van der Waals surface area (Å²) in [6, 6.07) is 8.25. The third-order valence-electron chi connectivity index (χ3n) is 3.59. The van der Waals surface area contributed by atoms with E-state index in [1.807, 2.05) is 13.1 Å². The van der Waals surface area contributed by atoms with Crippen LogP contribution in [0.3, 0.4) is 0 Å². The molecule has 0 atom stereocenters.